The standard InChI is InChI=1S/C11H11F3N4O2S/c1-2-9-16-6-10(17-9)21(19,20)18-7-3-4-8(15-5-7)11(12,13)14/h3-6,18H,2H2,1H3,(H,16,17). The summed E-state index contributed by atoms with van der Waals surface area (Å²) >= 11 is 0. The fourth-order valence-electron chi connectivity index (χ4n) is 1.49. The first-order valence-electron chi connectivity index (χ1n) is 5.82. The second kappa shape index (κ2) is 5.35. The van der Waals surface area contributed by atoms with Crippen molar-refractivity contribution >= 4 is 15.7 Å². The van der Waals surface area contributed by atoms with Crippen molar-refractivity contribution in [3.8, 4) is 0 Å². The molecule has 0 amide bonds. The summed E-state index contributed by atoms with van der Waals surface area (Å²) < 4.78 is 63.1. The van der Waals surface area contributed by atoms with Crippen LogP contribution in [0.4, 0.5) is 18.9 Å². The maximum absolute atomic E-state index is 12.3. The molecule has 0 aromatic carbocycles. The van der Waals surface area contributed by atoms with Crippen LogP contribution in [-0.2, 0) is 22.6 Å². The van der Waals surface area contributed by atoms with Crippen LogP contribution < -0.4 is 4.72 Å². The highest BCUT2D eigenvalue weighted by Crippen LogP contribution is 2.28. The molecule has 2 rings (SSSR count). The minimum atomic E-state index is -4.57. The van der Waals surface area contributed by atoms with Gasteiger partial charge in [-0.2, -0.15) is 21.6 Å². The molecule has 0 aliphatic heterocycles. The number of hydrogen-bond acceptors (Lipinski definition) is 4. The molecule has 0 radical (unpaired) electrons. The quantitative estimate of drug-likeness (QED) is 0.904. The number of rotatable bonds is 4. The minimum absolute atomic E-state index is 0.0735. The van der Waals surface area contributed by atoms with Crippen LogP contribution in [0.2, 0.25) is 0 Å². The Morgan fingerprint density at radius 3 is 2.43 bits per heavy atom. The predicted octanol–water partition coefficient (Wildman–Crippen LogP) is 2.19. The van der Waals surface area contributed by atoms with Crippen LogP contribution in [0.1, 0.15) is 18.4 Å². The van der Waals surface area contributed by atoms with E-state index >= 15 is 0 Å². The van der Waals surface area contributed by atoms with Crippen molar-refractivity contribution < 1.29 is 21.6 Å². The number of pyridine rings is 1. The van der Waals surface area contributed by atoms with E-state index in [-0.39, 0.29) is 10.7 Å². The lowest BCUT2D eigenvalue weighted by molar-refractivity contribution is -0.141. The summed E-state index contributed by atoms with van der Waals surface area (Å²) in [5, 5.41) is -0.167. The molecule has 6 nitrogen and oxygen atoms in total. The molecule has 0 saturated carbocycles. The normalized spacial score (nSPS) is 12.4. The van der Waals surface area contributed by atoms with E-state index in [0.717, 1.165) is 18.5 Å². The van der Waals surface area contributed by atoms with Gasteiger partial charge in [0.25, 0.3) is 10.0 Å². The first-order valence-corrected chi connectivity index (χ1v) is 7.30. The lowest BCUT2D eigenvalue weighted by atomic mass is 10.3. The zero-order chi connectivity index (χ0) is 15.7. The number of alkyl halides is 3. The molecule has 0 aliphatic carbocycles. The fourth-order valence-corrected chi connectivity index (χ4v) is 2.48. The highest BCUT2D eigenvalue weighted by Gasteiger charge is 2.32. The molecule has 2 heterocycles. The first-order chi connectivity index (χ1) is 9.72. The molecular formula is C11H11F3N4O2S. The molecule has 2 aromatic heterocycles. The van der Waals surface area contributed by atoms with E-state index < -0.39 is 21.9 Å². The van der Waals surface area contributed by atoms with E-state index in [1.54, 1.807) is 6.92 Å². The Kier molecular flexibility index (Phi) is 3.90. The highest BCUT2D eigenvalue weighted by molar-refractivity contribution is 7.92. The number of nitrogens with one attached hydrogen (secondary N) is 2. The SMILES string of the molecule is CCc1ncc(S(=O)(=O)Nc2ccc(C(F)(F)F)nc2)[nH]1. The molecule has 0 unspecified atom stereocenters. The third-order valence-electron chi connectivity index (χ3n) is 2.54. The topological polar surface area (TPSA) is 87.7 Å². The number of nitrogens with zero attached hydrogens (tertiary/aromatic N) is 2. The van der Waals surface area contributed by atoms with Gasteiger partial charge in [-0.05, 0) is 12.1 Å². The Labute approximate surface area is 118 Å². The largest absolute Gasteiger partial charge is 0.433 e. The lowest BCUT2D eigenvalue weighted by Gasteiger charge is -2.08. The van der Waals surface area contributed by atoms with E-state index in [4.69, 9.17) is 0 Å². The van der Waals surface area contributed by atoms with Crippen molar-refractivity contribution in [1.82, 2.24) is 15.0 Å². The molecule has 0 bridgehead atoms. The lowest BCUT2D eigenvalue weighted by Crippen LogP contribution is -2.14. The van der Waals surface area contributed by atoms with Crippen molar-refractivity contribution in [3.05, 3.63) is 36.0 Å². The Morgan fingerprint density at radius 2 is 1.95 bits per heavy atom. The first kappa shape index (κ1) is 15.3. The van der Waals surface area contributed by atoms with Crippen molar-refractivity contribution in [1.29, 1.82) is 0 Å². The summed E-state index contributed by atoms with van der Waals surface area (Å²) in [6.45, 7) is 1.79. The molecule has 114 valence electrons. The average Bonchev–Trinajstić information content (AvgIpc) is 2.87. The molecule has 2 aromatic rings. The zero-order valence-electron chi connectivity index (χ0n) is 10.8. The number of aromatic amines is 1. The summed E-state index contributed by atoms with van der Waals surface area (Å²) in [6.07, 6.45) is -2.11. The second-order valence-electron chi connectivity index (χ2n) is 4.08. The third kappa shape index (κ3) is 3.51. The molecule has 0 spiro atoms. The Bertz CT molecular complexity index is 723. The minimum Gasteiger partial charge on any atom is -0.332 e. The predicted molar refractivity (Wildman–Crippen MR) is 68.0 cm³/mol. The molecule has 21 heavy (non-hydrogen) atoms. The van der Waals surface area contributed by atoms with Crippen LogP contribution in [0.5, 0.6) is 0 Å². The van der Waals surface area contributed by atoms with Crippen molar-refractivity contribution in [2.45, 2.75) is 24.5 Å². The van der Waals surface area contributed by atoms with E-state index in [1.807, 2.05) is 0 Å². The van der Waals surface area contributed by atoms with Crippen molar-refractivity contribution in [3.63, 3.8) is 0 Å². The molecule has 10 heteroatoms. The van der Waals surface area contributed by atoms with E-state index in [2.05, 4.69) is 19.7 Å². The molecular weight excluding hydrogens is 309 g/mol. The van der Waals surface area contributed by atoms with Gasteiger partial charge in [-0.1, -0.05) is 6.92 Å². The van der Waals surface area contributed by atoms with Gasteiger partial charge in [0.2, 0.25) is 0 Å². The number of hydrogen-bond donors (Lipinski definition) is 2. The number of halogens is 3. The Balaban J connectivity index is 2.21. The molecule has 0 fully saturated rings. The van der Waals surface area contributed by atoms with Gasteiger partial charge in [0, 0.05) is 6.42 Å². The summed E-state index contributed by atoms with van der Waals surface area (Å²) in [4.78, 5) is 9.62. The number of aryl methyl sites for hydroxylation is 1. The summed E-state index contributed by atoms with van der Waals surface area (Å²) in [6, 6.07) is 1.69. The number of imidazole rings is 1. The van der Waals surface area contributed by atoms with Crippen LogP contribution >= 0.6 is 0 Å². The van der Waals surface area contributed by atoms with Gasteiger partial charge in [-0.3, -0.25) is 4.72 Å². The van der Waals surface area contributed by atoms with Gasteiger partial charge in [0.05, 0.1) is 18.1 Å². The smallest absolute Gasteiger partial charge is 0.332 e. The van der Waals surface area contributed by atoms with Crippen molar-refractivity contribution in [2.75, 3.05) is 4.72 Å². The number of H-pyrrole nitrogens is 1. The molecule has 0 saturated heterocycles. The van der Waals surface area contributed by atoms with Crippen molar-refractivity contribution in [2.24, 2.45) is 0 Å². The van der Waals surface area contributed by atoms with E-state index in [9.17, 15) is 21.6 Å². The van der Waals surface area contributed by atoms with Crippen LogP contribution in [0.3, 0.4) is 0 Å². The van der Waals surface area contributed by atoms with E-state index in [1.165, 1.54) is 0 Å². The van der Waals surface area contributed by atoms with Crippen LogP contribution in [0.25, 0.3) is 0 Å². The maximum atomic E-state index is 12.3. The summed E-state index contributed by atoms with van der Waals surface area (Å²) in [7, 11) is -3.94. The highest BCUT2D eigenvalue weighted by atomic mass is 32.2. The van der Waals surface area contributed by atoms with Crippen LogP contribution in [0, 0.1) is 0 Å². The van der Waals surface area contributed by atoms with Gasteiger partial charge in [0.1, 0.15) is 11.5 Å². The molecule has 2 N–H and O–H groups in total. The average molecular weight is 320 g/mol. The summed E-state index contributed by atoms with van der Waals surface area (Å²) in [5.41, 5.74) is -1.17. The summed E-state index contributed by atoms with van der Waals surface area (Å²) in [5.74, 6) is 0.487. The number of aromatic nitrogens is 3. The third-order valence-corrected chi connectivity index (χ3v) is 3.83. The van der Waals surface area contributed by atoms with E-state index in [0.29, 0.717) is 18.3 Å². The monoisotopic (exact) mass is 320 g/mol. The zero-order valence-corrected chi connectivity index (χ0v) is 11.6. The van der Waals surface area contributed by atoms with Gasteiger partial charge >= 0.3 is 6.18 Å². The van der Waals surface area contributed by atoms with Crippen LogP contribution in [-0.4, -0.2) is 23.4 Å². The molecule has 0 atom stereocenters. The Hall–Kier alpha value is -2.10. The van der Waals surface area contributed by atoms with Gasteiger partial charge in [0.15, 0.2) is 5.03 Å². The Morgan fingerprint density at radius 1 is 1.24 bits per heavy atom. The van der Waals surface area contributed by atoms with Gasteiger partial charge in [-0.15, -0.1) is 0 Å². The molecule has 0 aliphatic rings. The fraction of sp³-hybridized carbons (Fsp3) is 0.273. The number of sulfonamides is 1. The number of anilines is 1. The van der Waals surface area contributed by atoms with Gasteiger partial charge in [-0.25, -0.2) is 9.97 Å². The second-order valence-corrected chi connectivity index (χ2v) is 5.73. The van der Waals surface area contributed by atoms with Crippen LogP contribution in [0.15, 0.2) is 29.6 Å². The van der Waals surface area contributed by atoms with Gasteiger partial charge < -0.3 is 4.98 Å². The maximum Gasteiger partial charge on any atom is 0.433 e.